The lowest BCUT2D eigenvalue weighted by Crippen LogP contribution is -2.29. The highest BCUT2D eigenvalue weighted by atomic mass is 35.5. The van der Waals surface area contributed by atoms with Crippen LogP contribution in [0, 0.1) is 0 Å². The van der Waals surface area contributed by atoms with E-state index in [-0.39, 0.29) is 47.3 Å². The van der Waals surface area contributed by atoms with Gasteiger partial charge in [0.15, 0.2) is 0 Å². The summed E-state index contributed by atoms with van der Waals surface area (Å²) in [6, 6.07) is 6.45. The van der Waals surface area contributed by atoms with Crippen molar-refractivity contribution in [2.75, 3.05) is 6.54 Å². The zero-order valence-corrected chi connectivity index (χ0v) is 17.4. The van der Waals surface area contributed by atoms with E-state index >= 15 is 0 Å². The molecule has 1 aromatic carbocycles. The van der Waals surface area contributed by atoms with E-state index in [1.165, 1.54) is 29.2 Å². The van der Waals surface area contributed by atoms with Crippen LogP contribution in [0.3, 0.4) is 0 Å². The lowest BCUT2D eigenvalue weighted by atomic mass is 10.1. The minimum absolute atomic E-state index is 0.0847. The molecule has 2 heterocycles. The van der Waals surface area contributed by atoms with Gasteiger partial charge in [-0.1, -0.05) is 35.6 Å². The number of amides is 1. The summed E-state index contributed by atoms with van der Waals surface area (Å²) in [6.07, 6.45) is -2.98. The summed E-state index contributed by atoms with van der Waals surface area (Å²) in [7, 11) is 0. The van der Waals surface area contributed by atoms with Crippen LogP contribution in [0.2, 0.25) is 5.02 Å². The number of alkyl halides is 3. The second-order valence-corrected chi connectivity index (χ2v) is 8.31. The molecule has 1 aliphatic heterocycles. The third-order valence-corrected chi connectivity index (χ3v) is 5.81. The topological polar surface area (TPSA) is 70.8 Å². The summed E-state index contributed by atoms with van der Waals surface area (Å²) in [4.78, 5) is 24.7. The van der Waals surface area contributed by atoms with E-state index < -0.39 is 22.7 Å². The lowest BCUT2D eigenvalue weighted by Gasteiger charge is -2.13. The molecule has 0 radical (unpaired) electrons. The van der Waals surface area contributed by atoms with Crippen molar-refractivity contribution < 1.29 is 32.3 Å². The fraction of sp³-hybridized carbons (Fsp3) is 0.211. The Labute approximate surface area is 183 Å². The van der Waals surface area contributed by atoms with Crippen molar-refractivity contribution >= 4 is 57.9 Å². The number of carbonyl (C=O) groups is 2. The van der Waals surface area contributed by atoms with Crippen LogP contribution in [0.4, 0.5) is 13.2 Å². The predicted octanol–water partition coefficient (Wildman–Crippen LogP) is 5.68. The minimum Gasteiger partial charge on any atom is -0.481 e. The van der Waals surface area contributed by atoms with Gasteiger partial charge in [-0.25, -0.2) is 0 Å². The van der Waals surface area contributed by atoms with Crippen molar-refractivity contribution in [3.63, 3.8) is 0 Å². The number of benzene rings is 1. The van der Waals surface area contributed by atoms with Crippen LogP contribution in [-0.2, 0) is 15.8 Å². The molecule has 1 fully saturated rings. The van der Waals surface area contributed by atoms with Gasteiger partial charge in [-0.05, 0) is 36.8 Å². The second kappa shape index (κ2) is 8.83. The molecule has 1 N–H and O–H groups in total. The molecule has 1 aromatic heterocycles. The standard InChI is InChI=1S/C19H13ClF3NO4S2/c20-13-5-3-10(8-12(13)19(21,22)23)14-6-4-11(28-14)9-15-17(27)24(18(29)30-15)7-1-2-16(25)26/h3-6,8-9H,1-2,7H2,(H,25,26). The molecule has 0 atom stereocenters. The van der Waals surface area contributed by atoms with E-state index in [2.05, 4.69) is 0 Å². The highest BCUT2D eigenvalue weighted by Gasteiger charge is 2.34. The van der Waals surface area contributed by atoms with E-state index in [4.69, 9.17) is 33.3 Å². The van der Waals surface area contributed by atoms with Crippen LogP contribution < -0.4 is 0 Å². The number of rotatable bonds is 6. The van der Waals surface area contributed by atoms with E-state index in [1.54, 1.807) is 0 Å². The average molecular weight is 476 g/mol. The molecule has 0 saturated carbocycles. The molecule has 1 saturated heterocycles. The van der Waals surface area contributed by atoms with Crippen molar-refractivity contribution in [1.29, 1.82) is 0 Å². The molecule has 2 aromatic rings. The Morgan fingerprint density at radius 3 is 2.70 bits per heavy atom. The van der Waals surface area contributed by atoms with Gasteiger partial charge in [0, 0.05) is 24.6 Å². The smallest absolute Gasteiger partial charge is 0.417 e. The van der Waals surface area contributed by atoms with Crippen molar-refractivity contribution in [1.82, 2.24) is 4.90 Å². The number of thiocarbonyl (C=S) groups is 1. The molecular weight excluding hydrogens is 463 g/mol. The number of carboxylic acid groups (broad SMARTS) is 1. The molecule has 0 spiro atoms. The summed E-state index contributed by atoms with van der Waals surface area (Å²) in [5.41, 5.74) is -0.783. The molecule has 30 heavy (non-hydrogen) atoms. The monoisotopic (exact) mass is 475 g/mol. The highest BCUT2D eigenvalue weighted by molar-refractivity contribution is 8.26. The highest BCUT2D eigenvalue weighted by Crippen LogP contribution is 2.38. The number of hydrogen-bond acceptors (Lipinski definition) is 5. The van der Waals surface area contributed by atoms with Gasteiger partial charge in [0.05, 0.1) is 15.5 Å². The number of hydrogen-bond donors (Lipinski definition) is 1. The Morgan fingerprint density at radius 2 is 2.03 bits per heavy atom. The van der Waals surface area contributed by atoms with Crippen molar-refractivity contribution in [2.24, 2.45) is 0 Å². The van der Waals surface area contributed by atoms with Crippen molar-refractivity contribution in [3.8, 4) is 11.3 Å². The Hall–Kier alpha value is -2.30. The Kier molecular flexibility index (Phi) is 6.59. The van der Waals surface area contributed by atoms with Gasteiger partial charge >= 0.3 is 12.1 Å². The van der Waals surface area contributed by atoms with Crippen LogP contribution in [0.15, 0.2) is 39.7 Å². The first kappa shape index (κ1) is 22.4. The number of furan rings is 1. The summed E-state index contributed by atoms with van der Waals surface area (Å²) >= 11 is 11.8. The number of halogens is 4. The van der Waals surface area contributed by atoms with Gasteiger partial charge in [-0.3, -0.25) is 14.5 Å². The van der Waals surface area contributed by atoms with E-state index in [9.17, 15) is 22.8 Å². The van der Waals surface area contributed by atoms with Gasteiger partial charge < -0.3 is 9.52 Å². The van der Waals surface area contributed by atoms with Gasteiger partial charge in [-0.15, -0.1) is 0 Å². The first-order valence-electron chi connectivity index (χ1n) is 8.50. The molecule has 158 valence electrons. The molecule has 5 nitrogen and oxygen atoms in total. The van der Waals surface area contributed by atoms with E-state index in [1.807, 2.05) is 0 Å². The molecule has 3 rings (SSSR count). The molecule has 1 aliphatic rings. The normalized spacial score (nSPS) is 16.0. The fourth-order valence-electron chi connectivity index (χ4n) is 2.69. The molecule has 0 unspecified atom stereocenters. The zero-order chi connectivity index (χ0) is 22.1. The van der Waals surface area contributed by atoms with E-state index in [0.717, 1.165) is 23.9 Å². The molecule has 11 heteroatoms. The predicted molar refractivity (Wildman–Crippen MR) is 111 cm³/mol. The van der Waals surface area contributed by atoms with E-state index in [0.29, 0.717) is 4.32 Å². The number of carbonyl (C=O) groups excluding carboxylic acids is 1. The summed E-state index contributed by atoms with van der Waals surface area (Å²) in [5.74, 6) is -0.894. The maximum atomic E-state index is 13.1. The van der Waals surface area contributed by atoms with Gasteiger partial charge in [0.1, 0.15) is 15.8 Å². The number of nitrogens with zero attached hydrogens (tertiary/aromatic N) is 1. The maximum Gasteiger partial charge on any atom is 0.417 e. The first-order chi connectivity index (χ1) is 14.1. The third-order valence-electron chi connectivity index (χ3n) is 4.10. The fourth-order valence-corrected chi connectivity index (χ4v) is 4.21. The maximum absolute atomic E-state index is 13.1. The van der Waals surface area contributed by atoms with Crippen LogP contribution in [0.25, 0.3) is 17.4 Å². The molecule has 1 amide bonds. The third kappa shape index (κ3) is 5.05. The van der Waals surface area contributed by atoms with Crippen molar-refractivity contribution in [3.05, 3.63) is 51.6 Å². The molecular formula is C19H13ClF3NO4S2. The zero-order valence-electron chi connectivity index (χ0n) is 15.0. The summed E-state index contributed by atoms with van der Waals surface area (Å²) in [5, 5.41) is 8.29. The van der Waals surface area contributed by atoms with Gasteiger partial charge in [0.2, 0.25) is 0 Å². The molecule has 0 bridgehead atoms. The number of carboxylic acids is 1. The first-order valence-corrected chi connectivity index (χ1v) is 10.1. The Morgan fingerprint density at radius 1 is 1.30 bits per heavy atom. The van der Waals surface area contributed by atoms with Gasteiger partial charge in [-0.2, -0.15) is 13.2 Å². The van der Waals surface area contributed by atoms with Crippen molar-refractivity contribution in [2.45, 2.75) is 19.0 Å². The average Bonchev–Trinajstić information content (AvgIpc) is 3.21. The minimum atomic E-state index is -4.60. The quantitative estimate of drug-likeness (QED) is 0.428. The Balaban J connectivity index is 1.79. The molecule has 0 aliphatic carbocycles. The number of aliphatic carboxylic acids is 1. The summed E-state index contributed by atoms with van der Waals surface area (Å²) < 4.78 is 45.0. The SMILES string of the molecule is O=C(O)CCCN1C(=O)C(=Cc2ccc(-c3ccc(Cl)c(C(F)(F)F)c3)o2)SC1=S. The van der Waals surface area contributed by atoms with Crippen LogP contribution >= 0.6 is 35.6 Å². The largest absolute Gasteiger partial charge is 0.481 e. The lowest BCUT2D eigenvalue weighted by molar-refractivity contribution is -0.138. The van der Waals surface area contributed by atoms with Gasteiger partial charge in [0.25, 0.3) is 5.91 Å². The van der Waals surface area contributed by atoms with Crippen LogP contribution in [0.5, 0.6) is 0 Å². The van der Waals surface area contributed by atoms with Crippen LogP contribution in [-0.4, -0.2) is 32.7 Å². The summed E-state index contributed by atoms with van der Waals surface area (Å²) in [6.45, 7) is 0.183. The Bertz CT molecular complexity index is 1050. The van der Waals surface area contributed by atoms with Crippen LogP contribution in [0.1, 0.15) is 24.2 Å². The second-order valence-electron chi connectivity index (χ2n) is 6.23. The number of thioether (sulfide) groups is 1.